The number of carbonyl (C=O) groups is 2. The van der Waals surface area contributed by atoms with E-state index in [1.54, 1.807) is 0 Å². The maximum absolute atomic E-state index is 13.3. The molecule has 4 aromatic rings. The van der Waals surface area contributed by atoms with E-state index in [1.807, 2.05) is 84.9 Å². The van der Waals surface area contributed by atoms with E-state index in [-0.39, 0.29) is 12.3 Å². The molecule has 5 rings (SSSR count). The van der Waals surface area contributed by atoms with Gasteiger partial charge in [0.1, 0.15) is 6.04 Å². The van der Waals surface area contributed by atoms with Crippen LogP contribution in [0, 0.1) is 0 Å². The fourth-order valence-corrected chi connectivity index (χ4v) is 4.35. The Hall–Kier alpha value is -3.99. The van der Waals surface area contributed by atoms with Crippen LogP contribution in [0.2, 0.25) is 0 Å². The fraction of sp³-hybridized carbons (Fsp3) is 0.115. The Kier molecular flexibility index (Phi) is 4.71. The summed E-state index contributed by atoms with van der Waals surface area (Å²) in [5.74, 6) is -1.29. The highest BCUT2D eigenvalue weighted by Gasteiger charge is 2.35. The third-order valence-corrected chi connectivity index (χ3v) is 5.83. The lowest BCUT2D eigenvalue weighted by Crippen LogP contribution is -2.47. The number of aromatic nitrogens is 1. The van der Waals surface area contributed by atoms with Gasteiger partial charge in [0.05, 0.1) is 11.4 Å². The van der Waals surface area contributed by atoms with Crippen molar-refractivity contribution in [3.63, 3.8) is 0 Å². The molecular weight excluding hydrogens is 386 g/mol. The van der Waals surface area contributed by atoms with Crippen molar-refractivity contribution in [3.8, 4) is 11.1 Å². The van der Waals surface area contributed by atoms with Crippen molar-refractivity contribution < 1.29 is 9.59 Å². The van der Waals surface area contributed by atoms with Crippen LogP contribution in [0.5, 0.6) is 0 Å². The molecule has 1 aliphatic rings. The summed E-state index contributed by atoms with van der Waals surface area (Å²) in [6.45, 7) is 0. The number of nitrogens with one attached hydrogen (secondary N) is 1. The molecule has 3 aromatic carbocycles. The standard InChI is InChI=1S/C26H21N3O2/c27-25(30)23(15-17-14-13-16-7-1-6-12-22(16)28-17)29-26(31)24-20-10-4-2-8-18(20)19-9-3-5-11-21(19)24/h1-14,23-24H,15H2,(H2,27,30)(H,29,31)/t23-/m1/s1. The molecule has 1 aromatic heterocycles. The molecular formula is C26H21N3O2. The first-order valence-electron chi connectivity index (χ1n) is 10.2. The number of primary amides is 1. The quantitative estimate of drug-likeness (QED) is 0.530. The average molecular weight is 407 g/mol. The zero-order valence-corrected chi connectivity index (χ0v) is 16.8. The van der Waals surface area contributed by atoms with Crippen molar-refractivity contribution in [1.29, 1.82) is 0 Å². The van der Waals surface area contributed by atoms with Crippen molar-refractivity contribution in [1.82, 2.24) is 10.3 Å². The minimum Gasteiger partial charge on any atom is -0.368 e. The maximum atomic E-state index is 13.3. The molecule has 1 heterocycles. The molecule has 0 unspecified atom stereocenters. The first-order chi connectivity index (χ1) is 15.1. The van der Waals surface area contributed by atoms with E-state index in [9.17, 15) is 9.59 Å². The van der Waals surface area contributed by atoms with Crippen LogP contribution in [0.3, 0.4) is 0 Å². The molecule has 5 heteroatoms. The van der Waals surface area contributed by atoms with Crippen molar-refractivity contribution in [2.75, 3.05) is 0 Å². The smallest absolute Gasteiger partial charge is 0.240 e. The summed E-state index contributed by atoms with van der Waals surface area (Å²) in [4.78, 5) is 30.2. The minimum absolute atomic E-state index is 0.234. The summed E-state index contributed by atoms with van der Waals surface area (Å²) in [7, 11) is 0. The molecule has 152 valence electrons. The zero-order valence-electron chi connectivity index (χ0n) is 16.8. The number of nitrogens with zero attached hydrogens (tertiary/aromatic N) is 1. The van der Waals surface area contributed by atoms with Gasteiger partial charge in [-0.2, -0.15) is 0 Å². The molecule has 0 spiro atoms. The van der Waals surface area contributed by atoms with Gasteiger partial charge in [0, 0.05) is 17.5 Å². The highest BCUT2D eigenvalue weighted by atomic mass is 16.2. The number of pyridine rings is 1. The number of carbonyl (C=O) groups excluding carboxylic acids is 2. The van der Waals surface area contributed by atoms with Gasteiger partial charge >= 0.3 is 0 Å². The Morgan fingerprint density at radius 2 is 1.45 bits per heavy atom. The predicted molar refractivity (Wildman–Crippen MR) is 120 cm³/mol. The van der Waals surface area contributed by atoms with Gasteiger partial charge < -0.3 is 11.1 Å². The normalized spacial score (nSPS) is 13.4. The fourth-order valence-electron chi connectivity index (χ4n) is 4.35. The van der Waals surface area contributed by atoms with E-state index in [1.165, 1.54) is 0 Å². The molecule has 0 bridgehead atoms. The number of para-hydroxylation sites is 1. The van der Waals surface area contributed by atoms with Gasteiger partial charge in [0.15, 0.2) is 0 Å². The summed E-state index contributed by atoms with van der Waals surface area (Å²) in [6, 6.07) is 26.5. The van der Waals surface area contributed by atoms with Crippen LogP contribution in [0.15, 0.2) is 84.9 Å². The second kappa shape index (κ2) is 7.69. The van der Waals surface area contributed by atoms with Crippen LogP contribution in [0.25, 0.3) is 22.0 Å². The van der Waals surface area contributed by atoms with Gasteiger partial charge in [-0.15, -0.1) is 0 Å². The first kappa shape index (κ1) is 19.0. The Morgan fingerprint density at radius 3 is 2.13 bits per heavy atom. The molecule has 2 amide bonds. The molecule has 5 nitrogen and oxygen atoms in total. The van der Waals surface area contributed by atoms with Gasteiger partial charge in [0.25, 0.3) is 0 Å². The largest absolute Gasteiger partial charge is 0.368 e. The molecule has 0 radical (unpaired) electrons. The van der Waals surface area contributed by atoms with Crippen LogP contribution in [-0.2, 0) is 16.0 Å². The van der Waals surface area contributed by atoms with Crippen LogP contribution in [0.4, 0.5) is 0 Å². The lowest BCUT2D eigenvalue weighted by Gasteiger charge is -2.19. The predicted octanol–water partition coefficient (Wildman–Crippen LogP) is 3.56. The number of benzene rings is 3. The molecule has 0 aliphatic heterocycles. The molecule has 31 heavy (non-hydrogen) atoms. The molecule has 1 aliphatic carbocycles. The van der Waals surface area contributed by atoms with Crippen LogP contribution < -0.4 is 11.1 Å². The number of hydrogen-bond acceptors (Lipinski definition) is 3. The molecule has 0 fully saturated rings. The molecule has 3 N–H and O–H groups in total. The number of hydrogen-bond donors (Lipinski definition) is 2. The third-order valence-electron chi connectivity index (χ3n) is 5.83. The highest BCUT2D eigenvalue weighted by molar-refractivity contribution is 5.98. The van der Waals surface area contributed by atoms with Gasteiger partial charge in [-0.3, -0.25) is 14.6 Å². The van der Waals surface area contributed by atoms with Crippen molar-refractivity contribution in [2.45, 2.75) is 18.4 Å². The van der Waals surface area contributed by atoms with Gasteiger partial charge in [0.2, 0.25) is 11.8 Å². The van der Waals surface area contributed by atoms with E-state index in [2.05, 4.69) is 10.3 Å². The van der Waals surface area contributed by atoms with Crippen molar-refractivity contribution in [2.24, 2.45) is 5.73 Å². The topological polar surface area (TPSA) is 85.1 Å². The van der Waals surface area contributed by atoms with Crippen LogP contribution in [0.1, 0.15) is 22.7 Å². The van der Waals surface area contributed by atoms with E-state index < -0.39 is 17.9 Å². The molecule has 0 saturated carbocycles. The van der Waals surface area contributed by atoms with Gasteiger partial charge in [-0.25, -0.2) is 0 Å². The van der Waals surface area contributed by atoms with Crippen molar-refractivity contribution in [3.05, 3.63) is 102 Å². The molecule has 0 saturated heterocycles. The highest BCUT2D eigenvalue weighted by Crippen LogP contribution is 2.44. The number of rotatable bonds is 5. The zero-order chi connectivity index (χ0) is 21.4. The number of amides is 2. The lowest BCUT2D eigenvalue weighted by atomic mass is 9.95. The number of nitrogens with two attached hydrogens (primary N) is 1. The Balaban J connectivity index is 1.43. The lowest BCUT2D eigenvalue weighted by molar-refractivity contribution is -0.127. The van der Waals surface area contributed by atoms with E-state index in [4.69, 9.17) is 5.73 Å². The maximum Gasteiger partial charge on any atom is 0.240 e. The second-order valence-electron chi connectivity index (χ2n) is 7.77. The van der Waals surface area contributed by atoms with E-state index >= 15 is 0 Å². The van der Waals surface area contributed by atoms with Crippen molar-refractivity contribution >= 4 is 22.7 Å². The van der Waals surface area contributed by atoms with Gasteiger partial charge in [-0.1, -0.05) is 72.8 Å². The SMILES string of the molecule is NC(=O)[C@@H](Cc1ccc2ccccc2n1)NC(=O)C1c2ccccc2-c2ccccc21. The van der Waals surface area contributed by atoms with Crippen LogP contribution >= 0.6 is 0 Å². The minimum atomic E-state index is -0.846. The summed E-state index contributed by atoms with van der Waals surface area (Å²) in [5.41, 5.74) is 11.2. The summed E-state index contributed by atoms with van der Waals surface area (Å²) >= 11 is 0. The van der Waals surface area contributed by atoms with Gasteiger partial charge in [-0.05, 0) is 34.4 Å². The van der Waals surface area contributed by atoms with E-state index in [0.717, 1.165) is 33.2 Å². The average Bonchev–Trinajstić information content (AvgIpc) is 3.13. The third kappa shape index (κ3) is 3.44. The summed E-state index contributed by atoms with van der Waals surface area (Å²) in [5, 5.41) is 3.90. The monoisotopic (exact) mass is 407 g/mol. The summed E-state index contributed by atoms with van der Waals surface area (Å²) in [6.07, 6.45) is 0.238. The number of fused-ring (bicyclic) bond motifs is 4. The Labute approximate surface area is 179 Å². The van der Waals surface area contributed by atoms with Crippen LogP contribution in [-0.4, -0.2) is 22.8 Å². The second-order valence-corrected chi connectivity index (χ2v) is 7.77. The molecule has 1 atom stereocenters. The Bertz CT molecular complexity index is 1270. The Morgan fingerprint density at radius 1 is 0.839 bits per heavy atom. The first-order valence-corrected chi connectivity index (χ1v) is 10.2. The van der Waals surface area contributed by atoms with E-state index in [0.29, 0.717) is 5.69 Å². The summed E-state index contributed by atoms with van der Waals surface area (Å²) < 4.78 is 0.